The number of aliphatic hydroxyl groups is 1. The van der Waals surface area contributed by atoms with E-state index >= 15 is 0 Å². The Morgan fingerprint density at radius 2 is 2.29 bits per heavy atom. The van der Waals surface area contributed by atoms with Crippen LogP contribution in [0.1, 0.15) is 0 Å². The van der Waals surface area contributed by atoms with Crippen molar-refractivity contribution < 1.29 is 19.5 Å². The molecule has 94 valence electrons. The van der Waals surface area contributed by atoms with Crippen molar-refractivity contribution in [2.45, 2.75) is 6.10 Å². The second-order valence-electron chi connectivity index (χ2n) is 3.21. The number of hydrogen-bond acceptors (Lipinski definition) is 5. The first-order valence-corrected chi connectivity index (χ1v) is 5.90. The summed E-state index contributed by atoms with van der Waals surface area (Å²) in [7, 11) is 1.42. The first kappa shape index (κ1) is 13.7. The van der Waals surface area contributed by atoms with Gasteiger partial charge in [-0.25, -0.2) is 0 Å². The van der Waals surface area contributed by atoms with Crippen molar-refractivity contribution in [1.29, 1.82) is 0 Å². The fourth-order valence-electron chi connectivity index (χ4n) is 1.12. The molecular formula is C10H12BrNO5. The average molecular weight is 306 g/mol. The normalized spacial score (nSPS) is 11.9. The summed E-state index contributed by atoms with van der Waals surface area (Å²) in [4.78, 5) is 10.2. The predicted octanol–water partition coefficient (Wildman–Crippen LogP) is 1.74. The number of alkyl halides is 1. The summed E-state index contributed by atoms with van der Waals surface area (Å²) < 4.78 is 10.1. The lowest BCUT2D eigenvalue weighted by molar-refractivity contribution is -0.386. The Labute approximate surface area is 106 Å². The van der Waals surface area contributed by atoms with Gasteiger partial charge < -0.3 is 14.6 Å². The maximum absolute atomic E-state index is 10.8. The molecule has 0 aliphatic rings. The Morgan fingerprint density at radius 3 is 2.82 bits per heavy atom. The van der Waals surface area contributed by atoms with Crippen molar-refractivity contribution in [3.05, 3.63) is 28.3 Å². The van der Waals surface area contributed by atoms with Gasteiger partial charge in [0.1, 0.15) is 12.4 Å². The van der Waals surface area contributed by atoms with E-state index in [1.807, 2.05) is 0 Å². The van der Waals surface area contributed by atoms with E-state index in [2.05, 4.69) is 15.9 Å². The highest BCUT2D eigenvalue weighted by Gasteiger charge is 2.17. The summed E-state index contributed by atoms with van der Waals surface area (Å²) in [5, 5.41) is 20.4. The summed E-state index contributed by atoms with van der Waals surface area (Å²) in [6.45, 7) is -0.0155. The molecule has 0 saturated heterocycles. The van der Waals surface area contributed by atoms with E-state index in [0.717, 1.165) is 0 Å². The number of halogens is 1. The Hall–Kier alpha value is -1.34. The van der Waals surface area contributed by atoms with Crippen LogP contribution in [0.5, 0.6) is 11.5 Å². The number of nitro groups is 1. The second kappa shape index (κ2) is 6.41. The SMILES string of the molecule is COc1ccc(OCC(O)CBr)c([N+](=O)[O-])c1. The molecule has 7 heteroatoms. The molecule has 1 aromatic rings. The number of methoxy groups -OCH3 is 1. The smallest absolute Gasteiger partial charge is 0.314 e. The molecule has 0 heterocycles. The summed E-state index contributed by atoms with van der Waals surface area (Å²) in [5.41, 5.74) is -0.189. The van der Waals surface area contributed by atoms with Crippen LogP contribution in [-0.2, 0) is 0 Å². The number of nitrogens with zero attached hydrogens (tertiary/aromatic N) is 1. The molecule has 0 spiro atoms. The van der Waals surface area contributed by atoms with Gasteiger partial charge in [0.25, 0.3) is 0 Å². The number of nitro benzene ring substituents is 1. The highest BCUT2D eigenvalue weighted by atomic mass is 79.9. The molecule has 1 unspecified atom stereocenters. The van der Waals surface area contributed by atoms with Crippen molar-refractivity contribution in [2.75, 3.05) is 19.0 Å². The van der Waals surface area contributed by atoms with Crippen LogP contribution in [0.25, 0.3) is 0 Å². The van der Waals surface area contributed by atoms with Crippen LogP contribution in [0.4, 0.5) is 5.69 Å². The van der Waals surface area contributed by atoms with Crippen LogP contribution in [0.2, 0.25) is 0 Å². The Kier molecular flexibility index (Phi) is 5.17. The van der Waals surface area contributed by atoms with Gasteiger partial charge in [0, 0.05) is 5.33 Å². The lowest BCUT2D eigenvalue weighted by Gasteiger charge is -2.10. The van der Waals surface area contributed by atoms with E-state index < -0.39 is 11.0 Å². The summed E-state index contributed by atoms with van der Waals surface area (Å²) in [6.07, 6.45) is -0.711. The van der Waals surface area contributed by atoms with E-state index in [9.17, 15) is 15.2 Å². The molecule has 1 aromatic carbocycles. The fraction of sp³-hybridized carbons (Fsp3) is 0.400. The largest absolute Gasteiger partial charge is 0.496 e. The minimum absolute atomic E-state index is 0.0155. The monoisotopic (exact) mass is 305 g/mol. The van der Waals surface area contributed by atoms with Gasteiger partial charge in [-0.05, 0) is 12.1 Å². The fourth-order valence-corrected chi connectivity index (χ4v) is 1.31. The molecule has 0 fully saturated rings. The third kappa shape index (κ3) is 3.86. The topological polar surface area (TPSA) is 81.8 Å². The van der Waals surface area contributed by atoms with Crippen molar-refractivity contribution in [2.24, 2.45) is 0 Å². The highest BCUT2D eigenvalue weighted by molar-refractivity contribution is 9.09. The highest BCUT2D eigenvalue weighted by Crippen LogP contribution is 2.31. The van der Waals surface area contributed by atoms with E-state index in [0.29, 0.717) is 11.1 Å². The Morgan fingerprint density at radius 1 is 1.59 bits per heavy atom. The minimum Gasteiger partial charge on any atom is -0.496 e. The Balaban J connectivity index is 2.87. The zero-order valence-corrected chi connectivity index (χ0v) is 10.7. The molecule has 0 bridgehead atoms. The standard InChI is InChI=1S/C10H12BrNO5/c1-16-8-2-3-10(9(4-8)12(14)15)17-6-7(13)5-11/h2-4,7,13H,5-6H2,1H3. The van der Waals surface area contributed by atoms with Gasteiger partial charge in [0.15, 0.2) is 5.75 Å². The third-order valence-corrected chi connectivity index (χ3v) is 2.72. The third-order valence-electron chi connectivity index (χ3n) is 1.97. The average Bonchev–Trinajstić information content (AvgIpc) is 2.35. The van der Waals surface area contributed by atoms with Crippen LogP contribution in [-0.4, -0.2) is 35.2 Å². The maximum Gasteiger partial charge on any atom is 0.314 e. The summed E-state index contributed by atoms with van der Waals surface area (Å²) in [6, 6.07) is 4.27. The molecule has 0 aliphatic heterocycles. The number of benzene rings is 1. The van der Waals surface area contributed by atoms with E-state index in [1.54, 1.807) is 6.07 Å². The van der Waals surface area contributed by atoms with Gasteiger partial charge in [-0.15, -0.1) is 0 Å². The van der Waals surface area contributed by atoms with Crippen LogP contribution in [0.15, 0.2) is 18.2 Å². The van der Waals surface area contributed by atoms with Gasteiger partial charge in [-0.1, -0.05) is 15.9 Å². The molecule has 0 aliphatic carbocycles. The van der Waals surface area contributed by atoms with Crippen LogP contribution >= 0.6 is 15.9 Å². The first-order valence-electron chi connectivity index (χ1n) is 4.77. The minimum atomic E-state index is -0.711. The predicted molar refractivity (Wildman–Crippen MR) is 64.9 cm³/mol. The van der Waals surface area contributed by atoms with Crippen molar-refractivity contribution in [3.63, 3.8) is 0 Å². The van der Waals surface area contributed by atoms with Crippen LogP contribution < -0.4 is 9.47 Å². The zero-order chi connectivity index (χ0) is 12.8. The molecule has 17 heavy (non-hydrogen) atoms. The molecule has 0 radical (unpaired) electrons. The first-order chi connectivity index (χ1) is 8.08. The molecule has 0 saturated carbocycles. The molecule has 0 amide bonds. The maximum atomic E-state index is 10.8. The van der Waals surface area contributed by atoms with Crippen LogP contribution in [0.3, 0.4) is 0 Å². The molecule has 1 N–H and O–H groups in total. The lowest BCUT2D eigenvalue weighted by Crippen LogP contribution is -2.19. The van der Waals surface area contributed by atoms with E-state index in [1.165, 1.54) is 19.2 Å². The summed E-state index contributed by atoms with van der Waals surface area (Å²) >= 11 is 3.07. The molecule has 1 atom stereocenters. The number of hydrogen-bond donors (Lipinski definition) is 1. The number of ether oxygens (including phenoxy) is 2. The number of aliphatic hydroxyl groups excluding tert-OH is 1. The van der Waals surface area contributed by atoms with Gasteiger partial charge in [0.2, 0.25) is 0 Å². The quantitative estimate of drug-likeness (QED) is 0.492. The van der Waals surface area contributed by atoms with Crippen molar-refractivity contribution in [3.8, 4) is 11.5 Å². The van der Waals surface area contributed by atoms with Gasteiger partial charge in [0.05, 0.1) is 24.2 Å². The second-order valence-corrected chi connectivity index (χ2v) is 3.86. The summed E-state index contributed by atoms with van der Waals surface area (Å²) in [5.74, 6) is 0.487. The molecule has 0 aromatic heterocycles. The number of rotatable bonds is 6. The van der Waals surface area contributed by atoms with E-state index in [-0.39, 0.29) is 18.0 Å². The van der Waals surface area contributed by atoms with Crippen molar-refractivity contribution >= 4 is 21.6 Å². The molecule has 1 rings (SSSR count). The van der Waals surface area contributed by atoms with Crippen LogP contribution in [0, 0.1) is 10.1 Å². The lowest BCUT2D eigenvalue weighted by atomic mass is 10.3. The Bertz CT molecular complexity index is 398. The van der Waals surface area contributed by atoms with E-state index in [4.69, 9.17) is 9.47 Å². The molecule has 6 nitrogen and oxygen atoms in total. The van der Waals surface area contributed by atoms with Gasteiger partial charge in [-0.3, -0.25) is 10.1 Å². The molecular weight excluding hydrogens is 294 g/mol. The van der Waals surface area contributed by atoms with Gasteiger partial charge in [-0.2, -0.15) is 0 Å². The zero-order valence-electron chi connectivity index (χ0n) is 9.13. The van der Waals surface area contributed by atoms with Gasteiger partial charge >= 0.3 is 5.69 Å². The van der Waals surface area contributed by atoms with Crippen molar-refractivity contribution in [1.82, 2.24) is 0 Å².